The molecule has 0 spiro atoms. The number of hydrogen-bond acceptors (Lipinski definition) is 5. The van der Waals surface area contributed by atoms with Gasteiger partial charge in [-0.15, -0.1) is 11.3 Å². The third-order valence-electron chi connectivity index (χ3n) is 3.87. The minimum atomic E-state index is -0.855. The van der Waals surface area contributed by atoms with Crippen LogP contribution in [0.5, 0.6) is 0 Å². The predicted octanol–water partition coefficient (Wildman–Crippen LogP) is 1.95. The van der Waals surface area contributed by atoms with Crippen molar-refractivity contribution in [1.29, 1.82) is 0 Å². The molecule has 0 radical (unpaired) electrons. The van der Waals surface area contributed by atoms with Crippen LogP contribution in [0.1, 0.15) is 25.6 Å². The van der Waals surface area contributed by atoms with Gasteiger partial charge in [0.15, 0.2) is 0 Å². The minimum Gasteiger partial charge on any atom is -0.339 e. The number of hydrogen-bond donors (Lipinski definition) is 3. The Morgan fingerprint density at radius 2 is 1.75 bits per heavy atom. The first-order valence-electron chi connectivity index (χ1n) is 8.52. The number of nitrogens with zero attached hydrogens (tertiary/aromatic N) is 1. The molecular formula is C20H18N4O3S. The molecule has 3 rings (SSSR count). The van der Waals surface area contributed by atoms with Gasteiger partial charge in [0, 0.05) is 18.8 Å². The van der Waals surface area contributed by atoms with Crippen molar-refractivity contribution in [3.05, 3.63) is 88.4 Å². The topological polar surface area (TPSA) is 100 Å². The number of rotatable bonds is 6. The summed E-state index contributed by atoms with van der Waals surface area (Å²) in [6.45, 7) is 0. The number of carbonyl (C=O) groups excluding carboxylic acids is 3. The molecule has 3 amide bonds. The van der Waals surface area contributed by atoms with Crippen LogP contribution in [0.15, 0.2) is 72.4 Å². The molecular weight excluding hydrogens is 376 g/mol. The summed E-state index contributed by atoms with van der Waals surface area (Å²) in [7, 11) is 0. The van der Waals surface area contributed by atoms with E-state index in [1.54, 1.807) is 35.8 Å². The van der Waals surface area contributed by atoms with E-state index < -0.39 is 17.9 Å². The monoisotopic (exact) mass is 394 g/mol. The molecule has 7 nitrogen and oxygen atoms in total. The molecule has 0 aliphatic rings. The lowest BCUT2D eigenvalue weighted by atomic mass is 10.1. The Kier molecular flexibility index (Phi) is 6.48. The molecule has 0 saturated carbocycles. The third kappa shape index (κ3) is 5.24. The largest absolute Gasteiger partial charge is 0.339 e. The van der Waals surface area contributed by atoms with E-state index in [1.165, 1.54) is 17.5 Å². The molecule has 1 aromatic carbocycles. The number of hydrazine groups is 1. The summed E-state index contributed by atoms with van der Waals surface area (Å²) >= 11 is 1.29. The lowest BCUT2D eigenvalue weighted by molar-refractivity contribution is -0.123. The van der Waals surface area contributed by atoms with Gasteiger partial charge in [0.25, 0.3) is 17.7 Å². The van der Waals surface area contributed by atoms with E-state index in [-0.39, 0.29) is 12.3 Å². The molecule has 0 aliphatic carbocycles. The molecule has 0 saturated heterocycles. The van der Waals surface area contributed by atoms with Gasteiger partial charge in [0.1, 0.15) is 6.04 Å². The van der Waals surface area contributed by atoms with Crippen LogP contribution in [0.4, 0.5) is 0 Å². The minimum absolute atomic E-state index is 0.284. The summed E-state index contributed by atoms with van der Waals surface area (Å²) in [6, 6.07) is 15.1. The van der Waals surface area contributed by atoms with Gasteiger partial charge in [-0.25, -0.2) is 0 Å². The fourth-order valence-corrected chi connectivity index (χ4v) is 3.10. The number of carbonyl (C=O) groups is 3. The molecule has 0 aliphatic heterocycles. The molecule has 0 unspecified atom stereocenters. The van der Waals surface area contributed by atoms with Crippen LogP contribution in [0.3, 0.4) is 0 Å². The third-order valence-corrected chi connectivity index (χ3v) is 4.74. The standard InChI is InChI=1S/C20H18N4O3S/c25-18(15-8-4-10-21-13-15)23-24-19(26)16(12-14-6-2-1-3-7-14)22-20(27)17-9-5-11-28-17/h1-11,13,16H,12H2,(H,22,27)(H,23,25)(H,24,26)/t16-/m0/s1. The number of thiophene rings is 1. The Balaban J connectivity index is 1.67. The highest BCUT2D eigenvalue weighted by atomic mass is 32.1. The maximum absolute atomic E-state index is 12.6. The van der Waals surface area contributed by atoms with Crippen LogP contribution < -0.4 is 16.2 Å². The second-order valence-corrected chi connectivity index (χ2v) is 6.83. The Morgan fingerprint density at radius 3 is 2.43 bits per heavy atom. The lowest BCUT2D eigenvalue weighted by Crippen LogP contribution is -2.53. The van der Waals surface area contributed by atoms with E-state index in [2.05, 4.69) is 21.2 Å². The quantitative estimate of drug-likeness (QED) is 0.556. The molecule has 28 heavy (non-hydrogen) atoms. The SMILES string of the molecule is O=C(NNC(=O)[C@H](Cc1ccccc1)NC(=O)c1cccs1)c1cccnc1. The highest BCUT2D eigenvalue weighted by molar-refractivity contribution is 7.12. The van der Waals surface area contributed by atoms with Gasteiger partial charge in [0.05, 0.1) is 10.4 Å². The molecule has 2 heterocycles. The van der Waals surface area contributed by atoms with E-state index in [0.717, 1.165) is 5.56 Å². The van der Waals surface area contributed by atoms with Crippen molar-refractivity contribution in [3.8, 4) is 0 Å². The van der Waals surface area contributed by atoms with Crippen LogP contribution >= 0.6 is 11.3 Å². The van der Waals surface area contributed by atoms with Crippen LogP contribution in [0, 0.1) is 0 Å². The first-order chi connectivity index (χ1) is 13.6. The zero-order chi connectivity index (χ0) is 19.8. The fraction of sp³-hybridized carbons (Fsp3) is 0.100. The van der Waals surface area contributed by atoms with E-state index in [4.69, 9.17) is 0 Å². The average molecular weight is 394 g/mol. The average Bonchev–Trinajstić information content (AvgIpc) is 3.28. The van der Waals surface area contributed by atoms with Gasteiger partial charge in [-0.1, -0.05) is 36.4 Å². The van der Waals surface area contributed by atoms with Gasteiger partial charge >= 0.3 is 0 Å². The number of amides is 3. The number of nitrogens with one attached hydrogen (secondary N) is 3. The van der Waals surface area contributed by atoms with Crippen molar-refractivity contribution in [1.82, 2.24) is 21.2 Å². The highest BCUT2D eigenvalue weighted by Crippen LogP contribution is 2.10. The van der Waals surface area contributed by atoms with E-state index in [0.29, 0.717) is 10.4 Å². The highest BCUT2D eigenvalue weighted by Gasteiger charge is 2.23. The molecule has 0 bridgehead atoms. The van der Waals surface area contributed by atoms with E-state index in [1.807, 2.05) is 30.3 Å². The van der Waals surface area contributed by atoms with Crippen molar-refractivity contribution < 1.29 is 14.4 Å². The Morgan fingerprint density at radius 1 is 0.929 bits per heavy atom. The molecule has 1 atom stereocenters. The number of aromatic nitrogens is 1. The van der Waals surface area contributed by atoms with Gasteiger partial charge in [0.2, 0.25) is 0 Å². The zero-order valence-electron chi connectivity index (χ0n) is 14.8. The molecule has 3 N–H and O–H groups in total. The first-order valence-corrected chi connectivity index (χ1v) is 9.40. The molecule has 0 fully saturated rings. The Bertz CT molecular complexity index is 931. The summed E-state index contributed by atoms with van der Waals surface area (Å²) in [5.41, 5.74) is 5.91. The second-order valence-electron chi connectivity index (χ2n) is 5.88. The maximum atomic E-state index is 12.6. The van der Waals surface area contributed by atoms with Crippen LogP contribution in [-0.2, 0) is 11.2 Å². The maximum Gasteiger partial charge on any atom is 0.271 e. The van der Waals surface area contributed by atoms with Gasteiger partial charge < -0.3 is 5.32 Å². The van der Waals surface area contributed by atoms with Crippen molar-refractivity contribution in [2.75, 3.05) is 0 Å². The fourth-order valence-electron chi connectivity index (χ4n) is 2.47. The molecule has 2 aromatic heterocycles. The lowest BCUT2D eigenvalue weighted by Gasteiger charge is -2.18. The predicted molar refractivity (Wildman–Crippen MR) is 106 cm³/mol. The Labute approximate surface area is 165 Å². The van der Waals surface area contributed by atoms with Gasteiger partial charge in [-0.3, -0.25) is 30.2 Å². The van der Waals surface area contributed by atoms with Crippen LogP contribution in [0.25, 0.3) is 0 Å². The zero-order valence-corrected chi connectivity index (χ0v) is 15.6. The summed E-state index contributed by atoms with van der Waals surface area (Å²) in [4.78, 5) is 41.5. The number of pyridine rings is 1. The summed E-state index contributed by atoms with van der Waals surface area (Å²) in [6.07, 6.45) is 3.22. The van der Waals surface area contributed by atoms with Crippen molar-refractivity contribution >= 4 is 29.1 Å². The van der Waals surface area contributed by atoms with E-state index in [9.17, 15) is 14.4 Å². The van der Waals surface area contributed by atoms with Crippen LogP contribution in [-0.4, -0.2) is 28.7 Å². The van der Waals surface area contributed by atoms with Gasteiger partial charge in [-0.05, 0) is 29.1 Å². The van der Waals surface area contributed by atoms with E-state index >= 15 is 0 Å². The number of benzene rings is 1. The summed E-state index contributed by atoms with van der Waals surface area (Å²) < 4.78 is 0. The molecule has 3 aromatic rings. The van der Waals surface area contributed by atoms with Gasteiger partial charge in [-0.2, -0.15) is 0 Å². The van der Waals surface area contributed by atoms with Crippen molar-refractivity contribution in [2.45, 2.75) is 12.5 Å². The summed E-state index contributed by atoms with van der Waals surface area (Å²) in [5.74, 6) is -1.36. The van der Waals surface area contributed by atoms with Crippen molar-refractivity contribution in [3.63, 3.8) is 0 Å². The summed E-state index contributed by atoms with van der Waals surface area (Å²) in [5, 5.41) is 4.51. The Hall–Kier alpha value is -3.52. The normalized spacial score (nSPS) is 11.3. The molecule has 142 valence electrons. The second kappa shape index (κ2) is 9.43. The molecule has 8 heteroatoms. The van der Waals surface area contributed by atoms with Crippen molar-refractivity contribution in [2.24, 2.45) is 0 Å². The smallest absolute Gasteiger partial charge is 0.271 e. The van der Waals surface area contributed by atoms with Crippen LogP contribution in [0.2, 0.25) is 0 Å². The first kappa shape index (κ1) is 19.2.